The third-order valence-corrected chi connectivity index (χ3v) is 6.74. The first-order chi connectivity index (χ1) is 13.9. The van der Waals surface area contributed by atoms with Gasteiger partial charge in [0.2, 0.25) is 5.91 Å². The Hall–Kier alpha value is -1.72. The lowest BCUT2D eigenvalue weighted by molar-refractivity contribution is -0.137. The first-order valence-electron chi connectivity index (χ1n) is 10.6. The molecule has 0 atom stereocenters. The van der Waals surface area contributed by atoms with Crippen molar-refractivity contribution in [2.75, 3.05) is 26.3 Å². The van der Waals surface area contributed by atoms with Crippen LogP contribution in [0.25, 0.3) is 0 Å². The summed E-state index contributed by atoms with van der Waals surface area (Å²) in [6.07, 6.45) is 5.58. The lowest BCUT2D eigenvalue weighted by Gasteiger charge is -2.31. The number of carbonyl (C=O) groups is 1. The number of hydrogen-bond acceptors (Lipinski definition) is 3. The summed E-state index contributed by atoms with van der Waals surface area (Å²) in [7, 11) is 0. The van der Waals surface area contributed by atoms with Crippen molar-refractivity contribution in [2.24, 2.45) is 5.41 Å². The Morgan fingerprint density at radius 3 is 2.55 bits per heavy atom. The van der Waals surface area contributed by atoms with Crippen LogP contribution in [0.2, 0.25) is 0 Å². The molecule has 1 aliphatic heterocycles. The molecule has 1 aliphatic rings. The standard InChI is InChI=1S/C24H32FNO2S/c1-24(2,18-23(27)26-13-15-28-16-14-26)12-11-22-10-9-21(29-22)8-4-6-19-5-3-7-20(25)17-19/h3,5,7,9-10,17H,4,6,8,11-16,18H2,1-2H3. The topological polar surface area (TPSA) is 29.5 Å². The number of rotatable bonds is 9. The van der Waals surface area contributed by atoms with Gasteiger partial charge in [0, 0.05) is 29.3 Å². The first kappa shape index (κ1) is 22.0. The molecule has 1 amide bonds. The molecule has 1 aromatic carbocycles. The molecule has 0 N–H and O–H groups in total. The van der Waals surface area contributed by atoms with Crippen LogP contribution in [0.15, 0.2) is 36.4 Å². The van der Waals surface area contributed by atoms with Crippen molar-refractivity contribution in [3.05, 3.63) is 57.5 Å². The zero-order valence-electron chi connectivity index (χ0n) is 17.6. The van der Waals surface area contributed by atoms with E-state index in [9.17, 15) is 9.18 Å². The molecule has 0 radical (unpaired) electrons. The smallest absolute Gasteiger partial charge is 0.223 e. The van der Waals surface area contributed by atoms with Gasteiger partial charge in [-0.15, -0.1) is 11.3 Å². The van der Waals surface area contributed by atoms with Crippen LogP contribution in [-0.4, -0.2) is 37.1 Å². The SMILES string of the molecule is CC(C)(CCc1ccc(CCCc2cccc(F)c2)s1)CC(=O)N1CCOCC1. The van der Waals surface area contributed by atoms with Crippen molar-refractivity contribution in [1.82, 2.24) is 4.90 Å². The molecule has 1 saturated heterocycles. The normalized spacial score (nSPS) is 14.9. The maximum Gasteiger partial charge on any atom is 0.223 e. The summed E-state index contributed by atoms with van der Waals surface area (Å²) in [6.45, 7) is 7.14. The van der Waals surface area contributed by atoms with E-state index in [1.54, 1.807) is 12.1 Å². The van der Waals surface area contributed by atoms with Crippen molar-refractivity contribution in [3.63, 3.8) is 0 Å². The number of halogens is 1. The van der Waals surface area contributed by atoms with E-state index in [2.05, 4.69) is 26.0 Å². The molecule has 0 aliphatic carbocycles. The average molecular weight is 418 g/mol. The Labute approximate surface area is 177 Å². The van der Waals surface area contributed by atoms with Gasteiger partial charge >= 0.3 is 0 Å². The minimum Gasteiger partial charge on any atom is -0.378 e. The van der Waals surface area contributed by atoms with E-state index < -0.39 is 0 Å². The van der Waals surface area contributed by atoms with Gasteiger partial charge in [0.15, 0.2) is 0 Å². The first-order valence-corrected chi connectivity index (χ1v) is 11.4. The van der Waals surface area contributed by atoms with Crippen LogP contribution in [0.1, 0.15) is 48.4 Å². The second-order valence-corrected chi connectivity index (χ2v) is 9.94. The molecule has 29 heavy (non-hydrogen) atoms. The molecular weight excluding hydrogens is 385 g/mol. The van der Waals surface area contributed by atoms with E-state index in [1.165, 1.54) is 15.8 Å². The summed E-state index contributed by atoms with van der Waals surface area (Å²) in [5, 5.41) is 0. The minimum atomic E-state index is -0.157. The molecule has 0 unspecified atom stereocenters. The van der Waals surface area contributed by atoms with Gasteiger partial charge in [-0.25, -0.2) is 4.39 Å². The summed E-state index contributed by atoms with van der Waals surface area (Å²) in [5.74, 6) is 0.0955. The van der Waals surface area contributed by atoms with Crippen LogP contribution < -0.4 is 0 Å². The summed E-state index contributed by atoms with van der Waals surface area (Å²) < 4.78 is 18.6. The molecule has 1 fully saturated rings. The van der Waals surface area contributed by atoms with Crippen LogP contribution in [0.5, 0.6) is 0 Å². The van der Waals surface area contributed by atoms with Crippen molar-refractivity contribution in [3.8, 4) is 0 Å². The third kappa shape index (κ3) is 7.23. The Balaban J connectivity index is 1.41. The number of ether oxygens (including phenoxy) is 1. The molecule has 0 bridgehead atoms. The zero-order valence-corrected chi connectivity index (χ0v) is 18.4. The Morgan fingerprint density at radius 2 is 1.83 bits per heavy atom. The van der Waals surface area contributed by atoms with Gasteiger partial charge in [0.1, 0.15) is 5.82 Å². The van der Waals surface area contributed by atoms with Gasteiger partial charge in [-0.3, -0.25) is 4.79 Å². The van der Waals surface area contributed by atoms with E-state index in [0.717, 1.165) is 50.8 Å². The van der Waals surface area contributed by atoms with Gasteiger partial charge in [0.05, 0.1) is 13.2 Å². The second kappa shape index (κ2) is 10.4. The van der Waals surface area contributed by atoms with E-state index in [4.69, 9.17) is 4.74 Å². The predicted molar refractivity (Wildman–Crippen MR) is 117 cm³/mol. The summed E-state index contributed by atoms with van der Waals surface area (Å²) in [4.78, 5) is 17.2. The zero-order chi connectivity index (χ0) is 20.7. The molecular formula is C24H32FNO2S. The molecule has 158 valence electrons. The molecule has 0 spiro atoms. The van der Waals surface area contributed by atoms with E-state index >= 15 is 0 Å². The number of hydrogen-bond donors (Lipinski definition) is 0. The molecule has 3 nitrogen and oxygen atoms in total. The lowest BCUT2D eigenvalue weighted by atomic mass is 9.83. The summed E-state index contributed by atoms with van der Waals surface area (Å²) in [5.41, 5.74) is 1.06. The predicted octanol–water partition coefficient (Wildman–Crippen LogP) is 5.27. The van der Waals surface area contributed by atoms with Gasteiger partial charge in [-0.05, 0) is 67.3 Å². The summed E-state index contributed by atoms with van der Waals surface area (Å²) >= 11 is 1.87. The molecule has 3 rings (SSSR count). The highest BCUT2D eigenvalue weighted by atomic mass is 32.1. The van der Waals surface area contributed by atoms with Crippen LogP contribution in [0.4, 0.5) is 4.39 Å². The number of morpholine rings is 1. The maximum atomic E-state index is 13.3. The van der Waals surface area contributed by atoms with E-state index in [-0.39, 0.29) is 17.1 Å². The Bertz CT molecular complexity index is 796. The van der Waals surface area contributed by atoms with Crippen LogP contribution in [0, 0.1) is 11.2 Å². The van der Waals surface area contributed by atoms with Crippen molar-refractivity contribution in [2.45, 2.75) is 52.4 Å². The monoisotopic (exact) mass is 417 g/mol. The lowest BCUT2D eigenvalue weighted by Crippen LogP contribution is -2.42. The van der Waals surface area contributed by atoms with Gasteiger partial charge in [-0.2, -0.15) is 0 Å². The molecule has 5 heteroatoms. The fourth-order valence-electron chi connectivity index (χ4n) is 3.73. The minimum absolute atomic E-state index is 0.00305. The fraction of sp³-hybridized carbons (Fsp3) is 0.542. The highest BCUT2D eigenvalue weighted by molar-refractivity contribution is 7.11. The number of carbonyl (C=O) groups excluding carboxylic acids is 1. The number of nitrogens with zero attached hydrogens (tertiary/aromatic N) is 1. The second-order valence-electron chi connectivity index (χ2n) is 8.69. The Morgan fingerprint density at radius 1 is 1.10 bits per heavy atom. The average Bonchev–Trinajstić information content (AvgIpc) is 3.15. The van der Waals surface area contributed by atoms with Crippen molar-refractivity contribution >= 4 is 17.2 Å². The van der Waals surface area contributed by atoms with Crippen LogP contribution in [-0.2, 0) is 28.8 Å². The van der Waals surface area contributed by atoms with Gasteiger partial charge in [-0.1, -0.05) is 26.0 Å². The molecule has 0 saturated carbocycles. The quantitative estimate of drug-likeness (QED) is 0.556. The largest absolute Gasteiger partial charge is 0.378 e. The van der Waals surface area contributed by atoms with Gasteiger partial charge in [0.25, 0.3) is 0 Å². The molecule has 2 aromatic rings. The number of thiophene rings is 1. The highest BCUT2D eigenvalue weighted by Crippen LogP contribution is 2.30. The highest BCUT2D eigenvalue weighted by Gasteiger charge is 2.26. The van der Waals surface area contributed by atoms with E-state index in [0.29, 0.717) is 19.6 Å². The number of benzene rings is 1. The van der Waals surface area contributed by atoms with Crippen molar-refractivity contribution in [1.29, 1.82) is 0 Å². The maximum absolute atomic E-state index is 13.3. The molecule has 2 heterocycles. The number of amides is 1. The van der Waals surface area contributed by atoms with E-state index in [1.807, 2.05) is 22.3 Å². The fourth-order valence-corrected chi connectivity index (χ4v) is 4.79. The Kier molecular flexibility index (Phi) is 7.84. The van der Waals surface area contributed by atoms with Crippen molar-refractivity contribution < 1.29 is 13.9 Å². The van der Waals surface area contributed by atoms with Crippen LogP contribution in [0.3, 0.4) is 0 Å². The van der Waals surface area contributed by atoms with Crippen LogP contribution >= 0.6 is 11.3 Å². The molecule has 1 aromatic heterocycles. The third-order valence-electron chi connectivity index (χ3n) is 5.54. The summed E-state index contributed by atoms with van der Waals surface area (Å²) in [6, 6.07) is 11.3. The van der Waals surface area contributed by atoms with Gasteiger partial charge < -0.3 is 9.64 Å². The number of aryl methyl sites for hydroxylation is 3.